The van der Waals surface area contributed by atoms with E-state index in [1.807, 2.05) is 0 Å². The van der Waals surface area contributed by atoms with Gasteiger partial charge < -0.3 is 5.73 Å². The summed E-state index contributed by atoms with van der Waals surface area (Å²) in [7, 11) is 0. The molecule has 1 fully saturated rings. The summed E-state index contributed by atoms with van der Waals surface area (Å²) in [5.41, 5.74) is 9.18. The van der Waals surface area contributed by atoms with Gasteiger partial charge in [0.05, 0.1) is 0 Å². The first-order valence-corrected chi connectivity index (χ1v) is 6.34. The van der Waals surface area contributed by atoms with Crippen molar-refractivity contribution < 1.29 is 0 Å². The highest BCUT2D eigenvalue weighted by Crippen LogP contribution is 2.36. The Balaban J connectivity index is 0.00000144. The Labute approximate surface area is 111 Å². The Bertz CT molecular complexity index is 346. The molecule has 1 aromatic rings. The van der Waals surface area contributed by atoms with E-state index in [0.29, 0.717) is 0 Å². The lowest BCUT2D eigenvalue weighted by Gasteiger charge is -2.31. The molecule has 0 bridgehead atoms. The maximum atomic E-state index is 6.26. The number of benzene rings is 1. The van der Waals surface area contributed by atoms with Gasteiger partial charge in [0.2, 0.25) is 0 Å². The Morgan fingerprint density at radius 3 is 2.00 bits per heavy atom. The summed E-state index contributed by atoms with van der Waals surface area (Å²) in [6, 6.07) is 9.14. The minimum atomic E-state index is 0. The van der Waals surface area contributed by atoms with Gasteiger partial charge in [-0.1, -0.05) is 51.5 Å². The largest absolute Gasteiger partial charge is 0.324 e. The number of halogens is 1. The number of nitrogens with two attached hydrogens (primary N) is 1. The Hall–Kier alpha value is -0.530. The van der Waals surface area contributed by atoms with Gasteiger partial charge in [0.25, 0.3) is 0 Å². The normalized spacial score (nSPS) is 18.1. The van der Waals surface area contributed by atoms with Crippen molar-refractivity contribution in [3.05, 3.63) is 35.4 Å². The summed E-state index contributed by atoms with van der Waals surface area (Å²) in [5, 5.41) is 0. The lowest BCUT2D eigenvalue weighted by molar-refractivity contribution is 0.264. The number of hydrogen-bond acceptors (Lipinski definition) is 1. The third-order valence-corrected chi connectivity index (χ3v) is 3.82. The van der Waals surface area contributed by atoms with Gasteiger partial charge in [-0.25, -0.2) is 0 Å². The molecule has 0 saturated heterocycles. The fraction of sp³-hybridized carbons (Fsp3) is 0.600. The lowest BCUT2D eigenvalue weighted by Crippen LogP contribution is -2.26. The van der Waals surface area contributed by atoms with Crippen molar-refractivity contribution in [2.24, 2.45) is 11.7 Å². The molecule has 0 radical (unpaired) electrons. The van der Waals surface area contributed by atoms with Crippen LogP contribution in [0.2, 0.25) is 0 Å². The van der Waals surface area contributed by atoms with Crippen LogP contribution in [0.3, 0.4) is 0 Å². The maximum Gasteiger partial charge on any atom is 0.0323 e. The fourth-order valence-corrected chi connectivity index (χ4v) is 2.28. The molecule has 0 aromatic heterocycles. The average molecular weight is 254 g/mol. The zero-order valence-corrected chi connectivity index (χ0v) is 11.9. The predicted molar refractivity (Wildman–Crippen MR) is 76.7 cm³/mol. The summed E-state index contributed by atoms with van der Waals surface area (Å²) >= 11 is 0. The molecule has 0 aliphatic heterocycles. The quantitative estimate of drug-likeness (QED) is 0.840. The van der Waals surface area contributed by atoms with Crippen LogP contribution in [0.5, 0.6) is 0 Å². The van der Waals surface area contributed by atoms with Crippen LogP contribution in [0.4, 0.5) is 0 Å². The highest BCUT2D eigenvalue weighted by atomic mass is 35.5. The molecule has 96 valence electrons. The SMILES string of the molecule is CC(C)(C)c1ccc([C@H](N)C2CCC2)cc1.Cl. The van der Waals surface area contributed by atoms with Crippen molar-refractivity contribution in [3.8, 4) is 0 Å². The summed E-state index contributed by atoms with van der Waals surface area (Å²) in [6.07, 6.45) is 3.98. The van der Waals surface area contributed by atoms with Crippen LogP contribution in [-0.4, -0.2) is 0 Å². The van der Waals surface area contributed by atoms with Gasteiger partial charge >= 0.3 is 0 Å². The number of hydrogen-bond donors (Lipinski definition) is 1. The molecule has 2 rings (SSSR count). The van der Waals surface area contributed by atoms with E-state index >= 15 is 0 Å². The first-order valence-electron chi connectivity index (χ1n) is 6.34. The molecule has 0 spiro atoms. The molecule has 1 aliphatic rings. The van der Waals surface area contributed by atoms with Crippen molar-refractivity contribution in [1.29, 1.82) is 0 Å². The van der Waals surface area contributed by atoms with Crippen LogP contribution in [0.1, 0.15) is 57.2 Å². The van der Waals surface area contributed by atoms with E-state index in [4.69, 9.17) is 5.73 Å². The van der Waals surface area contributed by atoms with Crippen LogP contribution in [0, 0.1) is 5.92 Å². The first kappa shape index (κ1) is 14.5. The molecule has 2 heteroatoms. The van der Waals surface area contributed by atoms with E-state index in [-0.39, 0.29) is 23.9 Å². The van der Waals surface area contributed by atoms with E-state index in [1.165, 1.54) is 30.4 Å². The van der Waals surface area contributed by atoms with Crippen LogP contribution < -0.4 is 5.73 Å². The van der Waals surface area contributed by atoms with Crippen molar-refractivity contribution in [2.75, 3.05) is 0 Å². The van der Waals surface area contributed by atoms with Crippen molar-refractivity contribution >= 4 is 12.4 Å². The minimum absolute atomic E-state index is 0. The van der Waals surface area contributed by atoms with Gasteiger partial charge in [-0.15, -0.1) is 12.4 Å². The molecule has 17 heavy (non-hydrogen) atoms. The third kappa shape index (κ3) is 3.23. The van der Waals surface area contributed by atoms with Gasteiger partial charge in [-0.2, -0.15) is 0 Å². The monoisotopic (exact) mass is 253 g/mol. The second kappa shape index (κ2) is 5.41. The maximum absolute atomic E-state index is 6.26. The molecule has 1 aliphatic carbocycles. The van der Waals surface area contributed by atoms with Crippen molar-refractivity contribution in [2.45, 2.75) is 51.5 Å². The highest BCUT2D eigenvalue weighted by Gasteiger charge is 2.25. The van der Waals surface area contributed by atoms with Gasteiger partial charge in [0.1, 0.15) is 0 Å². The molecule has 1 nitrogen and oxygen atoms in total. The smallest absolute Gasteiger partial charge is 0.0323 e. The Kier molecular flexibility index (Phi) is 4.62. The molecule has 1 aromatic carbocycles. The minimum Gasteiger partial charge on any atom is -0.324 e. The molecular weight excluding hydrogens is 230 g/mol. The fourth-order valence-electron chi connectivity index (χ4n) is 2.28. The van der Waals surface area contributed by atoms with E-state index in [2.05, 4.69) is 45.0 Å². The van der Waals surface area contributed by atoms with Gasteiger partial charge in [-0.05, 0) is 35.3 Å². The number of rotatable bonds is 2. The molecule has 0 unspecified atom stereocenters. The predicted octanol–water partition coefficient (Wildman–Crippen LogP) is 4.21. The second-order valence-corrected chi connectivity index (χ2v) is 6.09. The standard InChI is InChI=1S/C15H23N.ClH/c1-15(2,3)13-9-7-12(8-10-13)14(16)11-5-4-6-11;/h7-11,14H,4-6,16H2,1-3H3;1H/t14-;/m1./s1. The first-order chi connectivity index (χ1) is 7.48. The van der Waals surface area contributed by atoms with Gasteiger partial charge in [0.15, 0.2) is 0 Å². The van der Waals surface area contributed by atoms with Gasteiger partial charge in [0, 0.05) is 6.04 Å². The zero-order chi connectivity index (χ0) is 11.8. The topological polar surface area (TPSA) is 26.0 Å². The summed E-state index contributed by atoms with van der Waals surface area (Å²) in [4.78, 5) is 0. The summed E-state index contributed by atoms with van der Waals surface area (Å²) in [5.74, 6) is 0.723. The van der Waals surface area contributed by atoms with E-state index < -0.39 is 0 Å². The zero-order valence-electron chi connectivity index (χ0n) is 11.1. The molecule has 2 N–H and O–H groups in total. The summed E-state index contributed by atoms with van der Waals surface area (Å²) in [6.45, 7) is 6.73. The van der Waals surface area contributed by atoms with Crippen molar-refractivity contribution in [1.82, 2.24) is 0 Å². The second-order valence-electron chi connectivity index (χ2n) is 6.09. The Morgan fingerprint density at radius 2 is 1.65 bits per heavy atom. The van der Waals surface area contributed by atoms with Gasteiger partial charge in [-0.3, -0.25) is 0 Å². The molecule has 0 amide bonds. The van der Waals surface area contributed by atoms with Crippen molar-refractivity contribution in [3.63, 3.8) is 0 Å². The molecule has 1 atom stereocenters. The van der Waals surface area contributed by atoms with Crippen LogP contribution >= 0.6 is 12.4 Å². The van der Waals surface area contributed by atoms with Crippen LogP contribution in [0.25, 0.3) is 0 Å². The molecule has 0 heterocycles. The van der Waals surface area contributed by atoms with E-state index in [1.54, 1.807) is 0 Å². The van der Waals surface area contributed by atoms with E-state index in [9.17, 15) is 0 Å². The summed E-state index contributed by atoms with van der Waals surface area (Å²) < 4.78 is 0. The molecular formula is C15H24ClN. The van der Waals surface area contributed by atoms with Crippen LogP contribution in [-0.2, 0) is 5.41 Å². The highest BCUT2D eigenvalue weighted by molar-refractivity contribution is 5.85. The molecule has 1 saturated carbocycles. The van der Waals surface area contributed by atoms with E-state index in [0.717, 1.165) is 5.92 Å². The average Bonchev–Trinajstić information content (AvgIpc) is 2.14. The Morgan fingerprint density at radius 1 is 1.12 bits per heavy atom. The van der Waals surface area contributed by atoms with Crippen LogP contribution in [0.15, 0.2) is 24.3 Å². The lowest BCUT2D eigenvalue weighted by atomic mass is 9.77. The third-order valence-electron chi connectivity index (χ3n) is 3.82.